The van der Waals surface area contributed by atoms with Crippen LogP contribution in [0.5, 0.6) is 0 Å². The van der Waals surface area contributed by atoms with Crippen LogP contribution in [0.3, 0.4) is 0 Å². The van der Waals surface area contributed by atoms with Gasteiger partial charge in [-0.15, -0.1) is 4.28 Å². The Labute approximate surface area is 105 Å². The van der Waals surface area contributed by atoms with Gasteiger partial charge in [-0.25, -0.2) is 5.48 Å². The minimum absolute atomic E-state index is 0.0418. The summed E-state index contributed by atoms with van der Waals surface area (Å²) in [7, 11) is -3.84. The molecule has 0 amide bonds. The van der Waals surface area contributed by atoms with Crippen molar-refractivity contribution in [1.29, 1.82) is 0 Å². The van der Waals surface area contributed by atoms with Crippen molar-refractivity contribution in [2.24, 2.45) is 0 Å². The smallest absolute Gasteiger partial charge is 0.317 e. The minimum atomic E-state index is -3.84. The van der Waals surface area contributed by atoms with E-state index in [1.54, 1.807) is 24.3 Å². The number of nitrogens with one attached hydrogen (secondary N) is 1. The Morgan fingerprint density at radius 3 is 2.17 bits per heavy atom. The highest BCUT2D eigenvalue weighted by Crippen LogP contribution is 2.15. The van der Waals surface area contributed by atoms with Crippen LogP contribution in [-0.4, -0.2) is 8.42 Å². The Morgan fingerprint density at radius 2 is 1.56 bits per heavy atom. The lowest BCUT2D eigenvalue weighted by atomic mass is 10.3. The number of benzene rings is 2. The monoisotopic (exact) mass is 264 g/mol. The molecule has 2 aromatic rings. The molecular weight excluding hydrogens is 252 g/mol. The van der Waals surface area contributed by atoms with E-state index in [1.807, 2.05) is 6.07 Å². The van der Waals surface area contributed by atoms with Gasteiger partial charge in [0.2, 0.25) is 0 Å². The van der Waals surface area contributed by atoms with Crippen LogP contribution in [0.15, 0.2) is 59.5 Å². The van der Waals surface area contributed by atoms with Gasteiger partial charge in [0.1, 0.15) is 0 Å². The van der Waals surface area contributed by atoms with E-state index >= 15 is 0 Å². The fraction of sp³-hybridized carbons (Fsp3) is 0. The lowest BCUT2D eigenvalue weighted by Gasteiger charge is -2.07. The highest BCUT2D eigenvalue weighted by molar-refractivity contribution is 7.86. The maximum atomic E-state index is 11.8. The number of hydrogen-bond donors (Lipinski definition) is 2. The zero-order valence-corrected chi connectivity index (χ0v) is 10.2. The van der Waals surface area contributed by atoms with Gasteiger partial charge in [-0.2, -0.15) is 8.42 Å². The standard InChI is InChI=1S/C12H12N2O3S/c13-10-6-8-12(9-7-10)18(15,16)17-14-11-4-2-1-3-5-11/h1-9,14H,13H2. The second-order valence-electron chi connectivity index (χ2n) is 3.57. The highest BCUT2D eigenvalue weighted by atomic mass is 32.2. The van der Waals surface area contributed by atoms with E-state index in [0.29, 0.717) is 11.4 Å². The van der Waals surface area contributed by atoms with Gasteiger partial charge < -0.3 is 5.73 Å². The van der Waals surface area contributed by atoms with Crippen molar-refractivity contribution in [3.63, 3.8) is 0 Å². The minimum Gasteiger partial charge on any atom is -0.399 e. The van der Waals surface area contributed by atoms with Gasteiger partial charge >= 0.3 is 10.1 Å². The van der Waals surface area contributed by atoms with Crippen molar-refractivity contribution in [1.82, 2.24) is 0 Å². The van der Waals surface area contributed by atoms with Gasteiger partial charge in [0.25, 0.3) is 0 Å². The largest absolute Gasteiger partial charge is 0.399 e. The molecule has 0 heterocycles. The quantitative estimate of drug-likeness (QED) is 0.652. The molecule has 0 fully saturated rings. The Bertz CT molecular complexity index is 610. The molecule has 2 aromatic carbocycles. The maximum absolute atomic E-state index is 11.8. The highest BCUT2D eigenvalue weighted by Gasteiger charge is 2.15. The fourth-order valence-electron chi connectivity index (χ4n) is 1.29. The van der Waals surface area contributed by atoms with Gasteiger partial charge in [-0.1, -0.05) is 18.2 Å². The molecule has 0 spiro atoms. The number of nitrogen functional groups attached to an aromatic ring is 1. The third-order valence-corrected chi connectivity index (χ3v) is 3.36. The molecule has 0 aliphatic carbocycles. The first-order valence-electron chi connectivity index (χ1n) is 5.18. The second-order valence-corrected chi connectivity index (χ2v) is 5.12. The summed E-state index contributed by atoms with van der Waals surface area (Å²) >= 11 is 0. The summed E-state index contributed by atoms with van der Waals surface area (Å²) < 4.78 is 28.3. The summed E-state index contributed by atoms with van der Waals surface area (Å²) in [6, 6.07) is 14.5. The SMILES string of the molecule is Nc1ccc(S(=O)(=O)ONc2ccccc2)cc1. The van der Waals surface area contributed by atoms with Crippen molar-refractivity contribution in [2.75, 3.05) is 11.2 Å². The molecule has 0 unspecified atom stereocenters. The van der Waals surface area contributed by atoms with E-state index in [0.717, 1.165) is 0 Å². The van der Waals surface area contributed by atoms with E-state index < -0.39 is 10.1 Å². The summed E-state index contributed by atoms with van der Waals surface area (Å²) in [5, 5.41) is 0. The maximum Gasteiger partial charge on any atom is 0.317 e. The third kappa shape index (κ3) is 2.99. The fourth-order valence-corrected chi connectivity index (χ4v) is 2.06. The number of rotatable bonds is 4. The van der Waals surface area contributed by atoms with Gasteiger partial charge in [0, 0.05) is 5.69 Å². The summed E-state index contributed by atoms with van der Waals surface area (Å²) in [5.74, 6) is 0. The van der Waals surface area contributed by atoms with Crippen LogP contribution >= 0.6 is 0 Å². The normalized spacial score (nSPS) is 11.1. The first kappa shape index (κ1) is 12.4. The Kier molecular flexibility index (Phi) is 3.50. The van der Waals surface area contributed by atoms with Crippen LogP contribution in [0.4, 0.5) is 11.4 Å². The van der Waals surface area contributed by atoms with E-state index in [1.165, 1.54) is 24.3 Å². The van der Waals surface area contributed by atoms with E-state index in [9.17, 15) is 8.42 Å². The zero-order chi connectivity index (χ0) is 13.0. The Morgan fingerprint density at radius 1 is 0.944 bits per heavy atom. The molecule has 0 bridgehead atoms. The molecule has 0 aliphatic heterocycles. The average molecular weight is 264 g/mol. The van der Waals surface area contributed by atoms with Gasteiger partial charge in [0.05, 0.1) is 10.6 Å². The molecule has 0 atom stereocenters. The molecule has 6 heteroatoms. The lowest BCUT2D eigenvalue weighted by molar-refractivity contribution is 0.391. The Hall–Kier alpha value is -2.05. The molecule has 5 nitrogen and oxygen atoms in total. The summed E-state index contributed by atoms with van der Waals surface area (Å²) in [5.41, 5.74) is 8.91. The van der Waals surface area contributed by atoms with Crippen LogP contribution in [-0.2, 0) is 14.4 Å². The van der Waals surface area contributed by atoms with Crippen LogP contribution < -0.4 is 11.2 Å². The number of anilines is 2. The molecule has 3 N–H and O–H groups in total. The molecule has 0 aliphatic rings. The van der Waals surface area contributed by atoms with Gasteiger partial charge in [0.15, 0.2) is 0 Å². The predicted octanol–water partition coefficient (Wildman–Crippen LogP) is 2.00. The van der Waals surface area contributed by atoms with E-state index in [4.69, 9.17) is 10.0 Å². The molecule has 2 rings (SSSR count). The predicted molar refractivity (Wildman–Crippen MR) is 69.2 cm³/mol. The number of nitrogens with two attached hydrogens (primary N) is 1. The molecule has 18 heavy (non-hydrogen) atoms. The third-order valence-electron chi connectivity index (χ3n) is 2.21. The van der Waals surface area contributed by atoms with Crippen molar-refractivity contribution in [2.45, 2.75) is 4.90 Å². The number of hydrogen-bond acceptors (Lipinski definition) is 5. The van der Waals surface area contributed by atoms with Crippen LogP contribution in [0.1, 0.15) is 0 Å². The molecule has 0 radical (unpaired) electrons. The average Bonchev–Trinajstić information content (AvgIpc) is 2.38. The molecular formula is C12H12N2O3S. The summed E-state index contributed by atoms with van der Waals surface area (Å²) in [4.78, 5) is 0.0418. The molecule has 94 valence electrons. The van der Waals surface area contributed by atoms with Gasteiger partial charge in [-0.3, -0.25) is 0 Å². The number of para-hydroxylation sites is 1. The summed E-state index contributed by atoms with van der Waals surface area (Å²) in [6.07, 6.45) is 0. The lowest BCUT2D eigenvalue weighted by Crippen LogP contribution is -2.11. The first-order chi connectivity index (χ1) is 8.58. The van der Waals surface area contributed by atoms with E-state index in [-0.39, 0.29) is 4.90 Å². The van der Waals surface area contributed by atoms with Crippen LogP contribution in [0.25, 0.3) is 0 Å². The second kappa shape index (κ2) is 5.07. The summed E-state index contributed by atoms with van der Waals surface area (Å²) in [6.45, 7) is 0. The van der Waals surface area contributed by atoms with Crippen molar-refractivity contribution >= 4 is 21.5 Å². The van der Waals surface area contributed by atoms with Crippen LogP contribution in [0, 0.1) is 0 Å². The first-order valence-corrected chi connectivity index (χ1v) is 6.59. The topological polar surface area (TPSA) is 81.4 Å². The van der Waals surface area contributed by atoms with Crippen molar-refractivity contribution < 1.29 is 12.7 Å². The van der Waals surface area contributed by atoms with Crippen LogP contribution in [0.2, 0.25) is 0 Å². The molecule has 0 saturated carbocycles. The zero-order valence-electron chi connectivity index (χ0n) is 9.41. The van der Waals surface area contributed by atoms with Crippen molar-refractivity contribution in [3.8, 4) is 0 Å². The molecule has 0 aromatic heterocycles. The van der Waals surface area contributed by atoms with Gasteiger partial charge in [-0.05, 0) is 36.4 Å². The molecule has 0 saturated heterocycles. The Balaban J connectivity index is 2.11. The van der Waals surface area contributed by atoms with E-state index in [2.05, 4.69) is 5.48 Å². The van der Waals surface area contributed by atoms with Crippen molar-refractivity contribution in [3.05, 3.63) is 54.6 Å².